The third kappa shape index (κ3) is 7.80. The highest BCUT2D eigenvalue weighted by Gasteiger charge is 2.35. The van der Waals surface area contributed by atoms with Crippen LogP contribution in [0.4, 0.5) is 0 Å². The van der Waals surface area contributed by atoms with Gasteiger partial charge >= 0.3 is 0 Å². The molecule has 256 valence electrons. The molecule has 0 atom stereocenters. The Balaban J connectivity index is 1.89. The molecule has 47 heavy (non-hydrogen) atoms. The second-order valence-corrected chi connectivity index (χ2v) is 19.9. The summed E-state index contributed by atoms with van der Waals surface area (Å²) < 4.78 is 0. The van der Waals surface area contributed by atoms with Crippen molar-refractivity contribution in [1.29, 1.82) is 0 Å². The van der Waals surface area contributed by atoms with Crippen LogP contribution in [0.5, 0.6) is 0 Å². The molecular formula is C46H67P. The predicted molar refractivity (Wildman–Crippen MR) is 213 cm³/mol. The standard InChI is InChI=1S/C46H67P/c1-28(2)34-24-41(30(5)6)45(42(25-34)31(7)8)36-21-37(46-43(32(9)10)26-35(29(3)4)27-44(46)33(11)12)23-40(22-36)47(38-17-13-14-18-38)39-19-15-16-20-39/h21-33,38-39H,13-20H2,1-12H3. The molecule has 3 aromatic carbocycles. The van der Waals surface area contributed by atoms with Gasteiger partial charge in [0.15, 0.2) is 0 Å². The largest absolute Gasteiger partial charge is 0.0689 e. The fourth-order valence-electron chi connectivity index (χ4n) is 8.71. The van der Waals surface area contributed by atoms with Crippen LogP contribution >= 0.6 is 7.92 Å². The van der Waals surface area contributed by atoms with Crippen molar-refractivity contribution < 1.29 is 0 Å². The zero-order valence-corrected chi connectivity index (χ0v) is 33.2. The lowest BCUT2D eigenvalue weighted by Gasteiger charge is -2.32. The third-order valence-corrected chi connectivity index (χ3v) is 15.0. The second-order valence-electron chi connectivity index (χ2n) is 17.1. The summed E-state index contributed by atoms with van der Waals surface area (Å²) in [7, 11) is -0.204. The van der Waals surface area contributed by atoms with Crippen LogP contribution in [0, 0.1) is 0 Å². The Morgan fingerprint density at radius 1 is 0.404 bits per heavy atom. The monoisotopic (exact) mass is 650 g/mol. The molecule has 0 spiro atoms. The van der Waals surface area contributed by atoms with Crippen molar-refractivity contribution in [2.45, 2.75) is 181 Å². The van der Waals surface area contributed by atoms with Crippen molar-refractivity contribution >= 4 is 13.2 Å². The molecule has 0 amide bonds. The summed E-state index contributed by atoms with van der Waals surface area (Å²) >= 11 is 0. The van der Waals surface area contributed by atoms with Crippen molar-refractivity contribution in [3.63, 3.8) is 0 Å². The Morgan fingerprint density at radius 2 is 0.702 bits per heavy atom. The van der Waals surface area contributed by atoms with E-state index in [0.717, 1.165) is 11.3 Å². The van der Waals surface area contributed by atoms with Crippen molar-refractivity contribution in [2.75, 3.05) is 0 Å². The quantitative estimate of drug-likeness (QED) is 0.181. The Morgan fingerprint density at radius 3 is 0.957 bits per heavy atom. The van der Waals surface area contributed by atoms with E-state index in [4.69, 9.17) is 0 Å². The van der Waals surface area contributed by atoms with E-state index in [1.807, 2.05) is 0 Å². The van der Waals surface area contributed by atoms with Crippen LogP contribution in [0.1, 0.15) is 203 Å². The molecule has 1 heteroatoms. The fraction of sp³-hybridized carbons (Fsp3) is 0.609. The van der Waals surface area contributed by atoms with Crippen LogP contribution in [-0.4, -0.2) is 11.3 Å². The van der Waals surface area contributed by atoms with E-state index >= 15 is 0 Å². The van der Waals surface area contributed by atoms with Crippen molar-refractivity contribution in [3.05, 3.63) is 75.8 Å². The lowest BCUT2D eigenvalue weighted by atomic mass is 9.79. The van der Waals surface area contributed by atoms with Crippen LogP contribution in [0.2, 0.25) is 0 Å². The van der Waals surface area contributed by atoms with Gasteiger partial charge in [-0.3, -0.25) is 0 Å². The minimum absolute atomic E-state index is 0.204. The Labute approximate surface area is 291 Å². The molecule has 2 fully saturated rings. The van der Waals surface area contributed by atoms with Crippen LogP contribution in [0.25, 0.3) is 22.3 Å². The molecule has 0 N–H and O–H groups in total. The average molecular weight is 651 g/mol. The summed E-state index contributed by atoms with van der Waals surface area (Å²) in [4.78, 5) is 0. The number of benzene rings is 3. The van der Waals surface area contributed by atoms with E-state index in [0.29, 0.717) is 35.5 Å². The van der Waals surface area contributed by atoms with Crippen molar-refractivity contribution in [3.8, 4) is 22.3 Å². The highest BCUT2D eigenvalue weighted by Crippen LogP contribution is 2.57. The topological polar surface area (TPSA) is 0 Å². The molecule has 3 aromatic rings. The summed E-state index contributed by atoms with van der Waals surface area (Å²) in [5.74, 6) is 2.95. The minimum atomic E-state index is -0.204. The maximum atomic E-state index is 2.74. The minimum Gasteiger partial charge on any atom is -0.0689 e. The maximum Gasteiger partial charge on any atom is -0.0114 e. The molecule has 0 aliphatic heterocycles. The Hall–Kier alpha value is -1.91. The summed E-state index contributed by atoms with van der Waals surface area (Å²) in [6.45, 7) is 28.8. The molecule has 2 saturated carbocycles. The van der Waals surface area contributed by atoms with Gasteiger partial charge in [0.1, 0.15) is 0 Å². The SMILES string of the molecule is CC(C)c1cc(C(C)C)c(-c2cc(-c3c(C(C)C)cc(C(C)C)cc3C(C)C)cc(P(C3CCCC3)C3CCCC3)c2)c(C(C)C)c1. The summed E-state index contributed by atoms with van der Waals surface area (Å²) in [5.41, 5.74) is 17.0. The molecule has 0 saturated heterocycles. The van der Waals surface area contributed by atoms with Gasteiger partial charge in [0.05, 0.1) is 0 Å². The van der Waals surface area contributed by atoms with Crippen molar-refractivity contribution in [2.24, 2.45) is 0 Å². The van der Waals surface area contributed by atoms with Crippen LogP contribution in [0.3, 0.4) is 0 Å². The number of hydrogen-bond acceptors (Lipinski definition) is 0. The van der Waals surface area contributed by atoms with Crippen LogP contribution in [-0.2, 0) is 0 Å². The molecule has 5 rings (SSSR count). The van der Waals surface area contributed by atoms with Crippen molar-refractivity contribution in [1.82, 2.24) is 0 Å². The van der Waals surface area contributed by atoms with Gasteiger partial charge in [-0.15, -0.1) is 0 Å². The van der Waals surface area contributed by atoms with Crippen LogP contribution in [0.15, 0.2) is 42.5 Å². The number of hydrogen-bond donors (Lipinski definition) is 0. The van der Waals surface area contributed by atoms with Gasteiger partial charge in [-0.25, -0.2) is 0 Å². The number of rotatable bonds is 11. The fourth-order valence-corrected chi connectivity index (χ4v) is 12.6. The first-order chi connectivity index (χ1) is 22.3. The van der Waals surface area contributed by atoms with Gasteiger partial charge in [-0.05, 0) is 152 Å². The summed E-state index contributed by atoms with van der Waals surface area (Å²) in [5, 5.41) is 1.71. The maximum absolute atomic E-state index is 2.74. The molecule has 0 aromatic heterocycles. The normalized spacial score (nSPS) is 16.6. The second kappa shape index (κ2) is 15.3. The molecule has 0 nitrogen and oxygen atoms in total. The van der Waals surface area contributed by atoms with Gasteiger partial charge in [0, 0.05) is 0 Å². The van der Waals surface area contributed by atoms with Gasteiger partial charge in [0.25, 0.3) is 0 Å². The molecular weight excluding hydrogens is 583 g/mol. The Bertz CT molecular complexity index is 1340. The molecule has 0 heterocycles. The van der Waals surface area contributed by atoms with Gasteiger partial charge in [0.2, 0.25) is 0 Å². The van der Waals surface area contributed by atoms with Crippen LogP contribution < -0.4 is 5.30 Å². The van der Waals surface area contributed by atoms with Gasteiger partial charge in [-0.1, -0.05) is 141 Å². The first kappa shape index (κ1) is 36.4. The van der Waals surface area contributed by atoms with E-state index in [2.05, 4.69) is 126 Å². The smallest absolute Gasteiger partial charge is 0.0114 e. The first-order valence-electron chi connectivity index (χ1n) is 19.6. The highest BCUT2D eigenvalue weighted by molar-refractivity contribution is 7.67. The highest BCUT2D eigenvalue weighted by atomic mass is 31.1. The van der Waals surface area contributed by atoms with E-state index in [-0.39, 0.29) is 7.92 Å². The van der Waals surface area contributed by atoms with E-state index in [1.165, 1.54) is 107 Å². The molecule has 0 bridgehead atoms. The predicted octanol–water partition coefficient (Wildman–Crippen LogP) is 14.8. The van der Waals surface area contributed by atoms with Gasteiger partial charge in [-0.2, -0.15) is 0 Å². The average Bonchev–Trinajstić information content (AvgIpc) is 3.75. The molecule has 2 aliphatic carbocycles. The van der Waals surface area contributed by atoms with E-state index < -0.39 is 0 Å². The molecule has 2 aliphatic rings. The molecule has 0 radical (unpaired) electrons. The lowest BCUT2D eigenvalue weighted by molar-refractivity contribution is 0.807. The van der Waals surface area contributed by atoms with E-state index in [1.54, 1.807) is 5.30 Å². The summed E-state index contributed by atoms with van der Waals surface area (Å²) in [6, 6.07) is 18.4. The lowest BCUT2D eigenvalue weighted by Crippen LogP contribution is -2.20. The zero-order chi connectivity index (χ0) is 34.2. The summed E-state index contributed by atoms with van der Waals surface area (Å²) in [6.07, 6.45) is 11.5. The first-order valence-corrected chi connectivity index (χ1v) is 21.1. The Kier molecular flexibility index (Phi) is 11.9. The molecule has 0 unspecified atom stereocenters. The third-order valence-electron chi connectivity index (χ3n) is 11.5. The van der Waals surface area contributed by atoms with Gasteiger partial charge < -0.3 is 0 Å². The zero-order valence-electron chi connectivity index (χ0n) is 32.3. The van der Waals surface area contributed by atoms with E-state index in [9.17, 15) is 0 Å².